The summed E-state index contributed by atoms with van der Waals surface area (Å²) >= 11 is 3.30. The van der Waals surface area contributed by atoms with Crippen LogP contribution in [0.3, 0.4) is 0 Å². The first-order valence-corrected chi connectivity index (χ1v) is 5.26. The van der Waals surface area contributed by atoms with Crippen molar-refractivity contribution in [3.8, 4) is 11.8 Å². The van der Waals surface area contributed by atoms with Crippen LogP contribution in [-0.4, -0.2) is 24.1 Å². The second-order valence-corrected chi connectivity index (χ2v) is 3.75. The second-order valence-electron chi connectivity index (χ2n) is 2.90. The molecule has 1 N–H and O–H groups in total. The molecule has 1 aliphatic heterocycles. The van der Waals surface area contributed by atoms with E-state index in [4.69, 9.17) is 9.47 Å². The Labute approximate surface area is 94.9 Å². The minimum Gasteiger partial charge on any atom is -0.477 e. The number of fused-ring (bicyclic) bond motifs is 1. The van der Waals surface area contributed by atoms with Gasteiger partial charge in [-0.2, -0.15) is 4.98 Å². The smallest absolute Gasteiger partial charge is 0.262 e. The molecule has 2 rings (SSSR count). The van der Waals surface area contributed by atoms with Crippen LogP contribution in [0.15, 0.2) is 10.5 Å². The fraction of sp³-hybridized carbons (Fsp3) is 0.333. The van der Waals surface area contributed by atoms with Crippen LogP contribution in [-0.2, 0) is 4.79 Å². The number of amides is 1. The third-order valence-electron chi connectivity index (χ3n) is 1.80. The van der Waals surface area contributed by atoms with Gasteiger partial charge in [0.05, 0.1) is 11.1 Å². The summed E-state index contributed by atoms with van der Waals surface area (Å²) in [7, 11) is 0. The summed E-state index contributed by atoms with van der Waals surface area (Å²) in [4.78, 5) is 15.2. The van der Waals surface area contributed by atoms with Gasteiger partial charge in [-0.3, -0.25) is 4.79 Å². The largest absolute Gasteiger partial charge is 0.477 e. The second kappa shape index (κ2) is 4.06. The van der Waals surface area contributed by atoms with E-state index in [-0.39, 0.29) is 12.5 Å². The van der Waals surface area contributed by atoms with Crippen LogP contribution in [0.5, 0.6) is 11.8 Å². The lowest BCUT2D eigenvalue weighted by atomic mass is 10.3. The molecule has 0 atom stereocenters. The van der Waals surface area contributed by atoms with E-state index in [0.29, 0.717) is 28.5 Å². The van der Waals surface area contributed by atoms with Crippen LogP contribution in [0.2, 0.25) is 0 Å². The van der Waals surface area contributed by atoms with Crippen molar-refractivity contribution in [2.45, 2.75) is 6.92 Å². The molecule has 2 heterocycles. The zero-order valence-electron chi connectivity index (χ0n) is 8.04. The maximum atomic E-state index is 11.0. The van der Waals surface area contributed by atoms with Gasteiger partial charge in [0.2, 0.25) is 11.8 Å². The molecule has 15 heavy (non-hydrogen) atoms. The molecule has 1 amide bonds. The van der Waals surface area contributed by atoms with Crippen molar-refractivity contribution in [3.63, 3.8) is 0 Å². The van der Waals surface area contributed by atoms with Gasteiger partial charge in [-0.15, -0.1) is 0 Å². The summed E-state index contributed by atoms with van der Waals surface area (Å²) in [5.74, 6) is 0.675. The molecule has 0 saturated heterocycles. The van der Waals surface area contributed by atoms with Crippen molar-refractivity contribution >= 4 is 27.5 Å². The highest BCUT2D eigenvalue weighted by molar-refractivity contribution is 9.10. The molecule has 1 aliphatic rings. The van der Waals surface area contributed by atoms with Crippen LogP contribution in [0.25, 0.3) is 0 Å². The highest BCUT2D eigenvalue weighted by atomic mass is 79.9. The number of pyridine rings is 1. The average Bonchev–Trinajstić information content (AvgIpc) is 2.20. The lowest BCUT2D eigenvalue weighted by Gasteiger charge is -2.18. The Morgan fingerprint density at radius 1 is 1.73 bits per heavy atom. The molecule has 0 aromatic carbocycles. The van der Waals surface area contributed by atoms with Crippen molar-refractivity contribution < 1.29 is 14.3 Å². The van der Waals surface area contributed by atoms with Crippen molar-refractivity contribution in [3.05, 3.63) is 10.5 Å². The van der Waals surface area contributed by atoms with Crippen LogP contribution in [0.4, 0.5) is 5.69 Å². The third-order valence-corrected chi connectivity index (χ3v) is 2.37. The summed E-state index contributed by atoms with van der Waals surface area (Å²) in [6, 6.07) is 1.71. The number of aromatic nitrogens is 1. The van der Waals surface area contributed by atoms with E-state index in [9.17, 15) is 4.79 Å². The number of hydrogen-bond donors (Lipinski definition) is 1. The van der Waals surface area contributed by atoms with Gasteiger partial charge >= 0.3 is 0 Å². The fourth-order valence-electron chi connectivity index (χ4n) is 1.21. The molecular weight excluding hydrogens is 264 g/mol. The highest BCUT2D eigenvalue weighted by Crippen LogP contribution is 2.34. The van der Waals surface area contributed by atoms with Crippen LogP contribution < -0.4 is 14.8 Å². The quantitative estimate of drug-likeness (QED) is 0.888. The van der Waals surface area contributed by atoms with E-state index in [1.807, 2.05) is 6.92 Å². The van der Waals surface area contributed by atoms with E-state index >= 15 is 0 Å². The number of halogens is 1. The van der Waals surface area contributed by atoms with Crippen molar-refractivity contribution in [1.29, 1.82) is 0 Å². The lowest BCUT2D eigenvalue weighted by molar-refractivity contribution is -0.118. The van der Waals surface area contributed by atoms with Gasteiger partial charge < -0.3 is 14.8 Å². The molecule has 1 aromatic rings. The number of nitrogens with one attached hydrogen (secondary N) is 1. The van der Waals surface area contributed by atoms with Crippen LogP contribution >= 0.6 is 15.9 Å². The average molecular weight is 273 g/mol. The number of rotatable bonds is 2. The van der Waals surface area contributed by atoms with Crippen molar-refractivity contribution in [2.24, 2.45) is 0 Å². The fourth-order valence-corrected chi connectivity index (χ4v) is 1.65. The molecular formula is C9H9BrN2O3. The zero-order chi connectivity index (χ0) is 10.8. The van der Waals surface area contributed by atoms with Gasteiger partial charge in [-0.25, -0.2) is 0 Å². The predicted molar refractivity (Wildman–Crippen MR) is 57.2 cm³/mol. The first-order valence-electron chi connectivity index (χ1n) is 4.46. The first-order chi connectivity index (χ1) is 7.20. The molecule has 0 aliphatic carbocycles. The highest BCUT2D eigenvalue weighted by Gasteiger charge is 2.19. The number of hydrogen-bond acceptors (Lipinski definition) is 4. The Morgan fingerprint density at radius 2 is 2.53 bits per heavy atom. The van der Waals surface area contributed by atoms with Crippen LogP contribution in [0.1, 0.15) is 6.92 Å². The van der Waals surface area contributed by atoms with Crippen molar-refractivity contribution in [1.82, 2.24) is 4.98 Å². The monoisotopic (exact) mass is 272 g/mol. The maximum Gasteiger partial charge on any atom is 0.262 e. The minimum atomic E-state index is -0.180. The van der Waals surface area contributed by atoms with Gasteiger partial charge in [0.1, 0.15) is 5.69 Å². The molecule has 0 saturated carbocycles. The van der Waals surface area contributed by atoms with E-state index in [2.05, 4.69) is 26.2 Å². The standard InChI is InChI=1S/C9H9BrN2O3/c1-2-14-8-5(10)3-6-9(12-8)15-4-7(13)11-6/h3H,2,4H2,1H3,(H,11,13). The summed E-state index contributed by atoms with van der Waals surface area (Å²) in [5, 5.41) is 2.66. The van der Waals surface area contributed by atoms with E-state index in [1.54, 1.807) is 6.07 Å². The molecule has 0 radical (unpaired) electrons. The topological polar surface area (TPSA) is 60.5 Å². The molecule has 0 unspecified atom stereocenters. The summed E-state index contributed by atoms with van der Waals surface area (Å²) < 4.78 is 11.1. The molecule has 0 bridgehead atoms. The minimum absolute atomic E-state index is 0.00675. The SMILES string of the molecule is CCOc1nc2c(cc1Br)NC(=O)CO2. The van der Waals surface area contributed by atoms with Crippen molar-refractivity contribution in [2.75, 3.05) is 18.5 Å². The van der Waals surface area contributed by atoms with Crippen LogP contribution in [0, 0.1) is 0 Å². The van der Waals surface area contributed by atoms with E-state index in [0.717, 1.165) is 0 Å². The van der Waals surface area contributed by atoms with Gasteiger partial charge in [0.25, 0.3) is 5.91 Å². The normalized spacial score (nSPS) is 13.9. The number of nitrogens with zero attached hydrogens (tertiary/aromatic N) is 1. The van der Waals surface area contributed by atoms with E-state index < -0.39 is 0 Å². The number of anilines is 1. The lowest BCUT2D eigenvalue weighted by Crippen LogP contribution is -2.26. The summed E-state index contributed by atoms with van der Waals surface area (Å²) in [6.07, 6.45) is 0. The maximum absolute atomic E-state index is 11.0. The molecule has 0 fully saturated rings. The number of carbonyl (C=O) groups is 1. The Kier molecular flexibility index (Phi) is 2.77. The van der Waals surface area contributed by atoms with Gasteiger partial charge in [0.15, 0.2) is 6.61 Å². The number of ether oxygens (including phenoxy) is 2. The molecule has 5 nitrogen and oxygen atoms in total. The van der Waals surface area contributed by atoms with Gasteiger partial charge in [-0.05, 0) is 28.9 Å². The van der Waals surface area contributed by atoms with E-state index in [1.165, 1.54) is 0 Å². The molecule has 80 valence electrons. The molecule has 1 aromatic heterocycles. The molecule has 6 heteroatoms. The Morgan fingerprint density at radius 3 is 3.27 bits per heavy atom. The van der Waals surface area contributed by atoms with Gasteiger partial charge in [-0.1, -0.05) is 0 Å². The molecule has 0 spiro atoms. The third kappa shape index (κ3) is 2.04. The first kappa shape index (κ1) is 10.2. The number of carbonyl (C=O) groups excluding carboxylic acids is 1. The summed E-state index contributed by atoms with van der Waals surface area (Å²) in [5.41, 5.74) is 0.557. The summed E-state index contributed by atoms with van der Waals surface area (Å²) in [6.45, 7) is 2.39. The Bertz CT molecular complexity index is 409. The van der Waals surface area contributed by atoms with Gasteiger partial charge in [0, 0.05) is 0 Å². The zero-order valence-corrected chi connectivity index (χ0v) is 9.63. The Balaban J connectivity index is 2.37. The Hall–Kier alpha value is -1.30. The predicted octanol–water partition coefficient (Wildman–Crippen LogP) is 1.57.